The highest BCUT2D eigenvalue weighted by Gasteiger charge is 2.24. The van der Waals surface area contributed by atoms with E-state index in [-0.39, 0.29) is 12.5 Å². The van der Waals surface area contributed by atoms with E-state index < -0.39 is 24.1 Å². The highest BCUT2D eigenvalue weighted by atomic mass is 16.6. The van der Waals surface area contributed by atoms with Crippen molar-refractivity contribution >= 4 is 18.0 Å². The number of amides is 1. The van der Waals surface area contributed by atoms with Gasteiger partial charge in [-0.05, 0) is 38.5 Å². The highest BCUT2D eigenvalue weighted by Crippen LogP contribution is 2.21. The Hall–Kier alpha value is -1.79. The number of carbonyl (C=O) groups excluding carboxylic acids is 1. The number of aliphatic carboxylic acids is 2. The quantitative estimate of drug-likeness (QED) is 0.534. The Morgan fingerprint density at radius 3 is 2.27 bits per heavy atom. The van der Waals surface area contributed by atoms with Crippen molar-refractivity contribution in [3.05, 3.63) is 0 Å². The van der Waals surface area contributed by atoms with Gasteiger partial charge in [0.15, 0.2) is 0 Å². The normalized spacial score (nSPS) is 16.2. The van der Waals surface area contributed by atoms with Gasteiger partial charge >= 0.3 is 18.0 Å². The molecule has 0 saturated heterocycles. The molecule has 7 nitrogen and oxygen atoms in total. The van der Waals surface area contributed by atoms with Crippen molar-refractivity contribution in [1.29, 1.82) is 0 Å². The molecule has 0 aromatic rings. The molecule has 1 aliphatic carbocycles. The van der Waals surface area contributed by atoms with Crippen LogP contribution in [0.2, 0.25) is 0 Å². The first-order valence-electron chi connectivity index (χ1n) is 7.91. The fraction of sp³-hybridized carbons (Fsp3) is 0.800. The minimum Gasteiger partial charge on any atom is -0.481 e. The predicted molar refractivity (Wildman–Crippen MR) is 78.6 cm³/mol. The van der Waals surface area contributed by atoms with Crippen LogP contribution in [0.3, 0.4) is 0 Å². The van der Waals surface area contributed by atoms with Crippen molar-refractivity contribution < 1.29 is 29.3 Å². The second kappa shape index (κ2) is 10.0. The molecule has 1 amide bonds. The van der Waals surface area contributed by atoms with Gasteiger partial charge in [0.25, 0.3) is 0 Å². The van der Waals surface area contributed by atoms with E-state index in [0.717, 1.165) is 38.5 Å². The summed E-state index contributed by atoms with van der Waals surface area (Å²) in [5, 5.41) is 20.0. The smallest absolute Gasteiger partial charge is 0.408 e. The Kier molecular flexibility index (Phi) is 8.32. The molecule has 1 aliphatic rings. The van der Waals surface area contributed by atoms with E-state index in [1.165, 1.54) is 0 Å². The van der Waals surface area contributed by atoms with Crippen LogP contribution in [0, 0.1) is 0 Å². The Morgan fingerprint density at radius 1 is 1.05 bits per heavy atom. The van der Waals surface area contributed by atoms with Crippen molar-refractivity contribution in [1.82, 2.24) is 5.32 Å². The molecular weight excluding hydrogens is 290 g/mol. The van der Waals surface area contributed by atoms with Crippen LogP contribution < -0.4 is 5.32 Å². The third kappa shape index (κ3) is 7.85. The zero-order valence-corrected chi connectivity index (χ0v) is 12.8. The van der Waals surface area contributed by atoms with Gasteiger partial charge in [0.05, 0.1) is 0 Å². The average Bonchev–Trinajstić information content (AvgIpc) is 2.93. The number of unbranched alkanes of at least 4 members (excludes halogenated alkanes) is 3. The predicted octanol–water partition coefficient (Wildman–Crippen LogP) is 2.53. The van der Waals surface area contributed by atoms with Crippen LogP contribution in [0.5, 0.6) is 0 Å². The third-order valence-electron chi connectivity index (χ3n) is 3.80. The molecule has 0 aromatic heterocycles. The summed E-state index contributed by atoms with van der Waals surface area (Å²) in [6.07, 6.45) is 6.16. The standard InChI is InChI=1S/C15H25NO6/c17-13(18)10-4-2-1-3-9-12(14(19)20)16-15(21)22-11-7-5-6-8-11/h11-12H,1-10H2,(H,16,21)(H,17,18)(H,19,20). The summed E-state index contributed by atoms with van der Waals surface area (Å²) in [5.41, 5.74) is 0. The number of carboxylic acids is 2. The summed E-state index contributed by atoms with van der Waals surface area (Å²) in [5.74, 6) is -1.89. The van der Waals surface area contributed by atoms with Crippen LogP contribution >= 0.6 is 0 Å². The number of ether oxygens (including phenoxy) is 1. The molecule has 0 spiro atoms. The Labute approximate surface area is 130 Å². The zero-order chi connectivity index (χ0) is 16.4. The summed E-state index contributed by atoms with van der Waals surface area (Å²) < 4.78 is 5.18. The molecule has 7 heteroatoms. The molecule has 22 heavy (non-hydrogen) atoms. The van der Waals surface area contributed by atoms with Crippen LogP contribution in [-0.2, 0) is 14.3 Å². The lowest BCUT2D eigenvalue weighted by atomic mass is 10.1. The molecule has 0 bridgehead atoms. The van der Waals surface area contributed by atoms with E-state index in [1.54, 1.807) is 0 Å². The number of rotatable bonds is 10. The van der Waals surface area contributed by atoms with Crippen molar-refractivity contribution in [2.75, 3.05) is 0 Å². The molecule has 1 unspecified atom stereocenters. The highest BCUT2D eigenvalue weighted by molar-refractivity contribution is 5.79. The van der Waals surface area contributed by atoms with Crippen molar-refractivity contribution in [3.63, 3.8) is 0 Å². The van der Waals surface area contributed by atoms with Crippen LogP contribution in [0.4, 0.5) is 4.79 Å². The van der Waals surface area contributed by atoms with Crippen LogP contribution in [0.1, 0.15) is 64.2 Å². The van der Waals surface area contributed by atoms with Gasteiger partial charge < -0.3 is 20.3 Å². The minimum absolute atomic E-state index is 0.0922. The van der Waals surface area contributed by atoms with Crippen molar-refractivity contribution in [2.45, 2.75) is 76.4 Å². The van der Waals surface area contributed by atoms with Gasteiger partial charge in [-0.15, -0.1) is 0 Å². The molecule has 1 fully saturated rings. The Bertz CT molecular complexity index is 378. The minimum atomic E-state index is -1.08. The molecule has 0 heterocycles. The molecule has 1 saturated carbocycles. The number of carbonyl (C=O) groups is 3. The SMILES string of the molecule is O=C(O)CCCCCCC(NC(=O)OC1CCCC1)C(=O)O. The van der Waals surface area contributed by atoms with E-state index in [0.29, 0.717) is 19.3 Å². The summed E-state index contributed by atoms with van der Waals surface area (Å²) in [6, 6.07) is -0.951. The lowest BCUT2D eigenvalue weighted by Crippen LogP contribution is -2.42. The average molecular weight is 315 g/mol. The first kappa shape index (κ1) is 18.3. The fourth-order valence-electron chi connectivity index (χ4n) is 2.57. The van der Waals surface area contributed by atoms with Crippen LogP contribution in [0.15, 0.2) is 0 Å². The summed E-state index contributed by atoms with van der Waals surface area (Å²) in [6.45, 7) is 0. The largest absolute Gasteiger partial charge is 0.481 e. The zero-order valence-electron chi connectivity index (χ0n) is 12.8. The maximum Gasteiger partial charge on any atom is 0.408 e. The number of carboxylic acid groups (broad SMARTS) is 2. The van der Waals surface area contributed by atoms with Crippen LogP contribution in [0.25, 0.3) is 0 Å². The van der Waals surface area contributed by atoms with Crippen molar-refractivity contribution in [3.8, 4) is 0 Å². The van der Waals surface area contributed by atoms with Crippen molar-refractivity contribution in [2.24, 2.45) is 0 Å². The molecule has 1 rings (SSSR count). The first-order chi connectivity index (χ1) is 10.5. The molecule has 1 atom stereocenters. The third-order valence-corrected chi connectivity index (χ3v) is 3.80. The maximum absolute atomic E-state index is 11.7. The summed E-state index contributed by atoms with van der Waals surface area (Å²) >= 11 is 0. The topological polar surface area (TPSA) is 113 Å². The van der Waals surface area contributed by atoms with Gasteiger partial charge in [-0.3, -0.25) is 4.79 Å². The Balaban J connectivity index is 2.19. The van der Waals surface area contributed by atoms with E-state index in [2.05, 4.69) is 5.32 Å². The van der Waals surface area contributed by atoms with Gasteiger partial charge in [0, 0.05) is 6.42 Å². The summed E-state index contributed by atoms with van der Waals surface area (Å²) in [4.78, 5) is 33.1. The molecular formula is C15H25NO6. The number of nitrogens with one attached hydrogen (secondary N) is 1. The molecule has 0 aromatic carbocycles. The second-order valence-electron chi connectivity index (χ2n) is 5.69. The van der Waals surface area contributed by atoms with E-state index in [4.69, 9.17) is 14.9 Å². The lowest BCUT2D eigenvalue weighted by Gasteiger charge is -2.17. The fourth-order valence-corrected chi connectivity index (χ4v) is 2.57. The first-order valence-corrected chi connectivity index (χ1v) is 7.91. The number of hydrogen-bond donors (Lipinski definition) is 3. The van der Waals surface area contributed by atoms with Gasteiger partial charge in [-0.1, -0.05) is 19.3 Å². The molecule has 3 N–H and O–H groups in total. The molecule has 0 radical (unpaired) electrons. The van der Waals surface area contributed by atoms with Gasteiger partial charge in [0.2, 0.25) is 0 Å². The van der Waals surface area contributed by atoms with Crippen LogP contribution in [-0.4, -0.2) is 40.4 Å². The monoisotopic (exact) mass is 315 g/mol. The lowest BCUT2D eigenvalue weighted by molar-refractivity contribution is -0.139. The summed E-state index contributed by atoms with van der Waals surface area (Å²) in [7, 11) is 0. The second-order valence-corrected chi connectivity index (χ2v) is 5.69. The molecule has 126 valence electrons. The maximum atomic E-state index is 11.7. The number of hydrogen-bond acceptors (Lipinski definition) is 4. The van der Waals surface area contributed by atoms with Gasteiger partial charge in [0.1, 0.15) is 12.1 Å². The number of alkyl carbamates (subject to hydrolysis) is 1. The van der Waals surface area contributed by atoms with E-state index in [9.17, 15) is 14.4 Å². The van der Waals surface area contributed by atoms with Gasteiger partial charge in [-0.25, -0.2) is 9.59 Å². The van der Waals surface area contributed by atoms with E-state index >= 15 is 0 Å². The van der Waals surface area contributed by atoms with E-state index in [1.807, 2.05) is 0 Å². The molecule has 0 aliphatic heterocycles. The van der Waals surface area contributed by atoms with Gasteiger partial charge in [-0.2, -0.15) is 0 Å². The Morgan fingerprint density at radius 2 is 1.68 bits per heavy atom.